The van der Waals surface area contributed by atoms with Crippen molar-refractivity contribution in [2.75, 3.05) is 53.5 Å². The molecule has 2 aromatic rings. The molecular formula is C24H34Cl2N2O3. The number of piperazine rings is 1. The summed E-state index contributed by atoms with van der Waals surface area (Å²) >= 11 is 0. The van der Waals surface area contributed by atoms with Crippen molar-refractivity contribution in [2.24, 2.45) is 5.92 Å². The highest BCUT2D eigenvalue weighted by atomic mass is 35.5. The van der Waals surface area contributed by atoms with E-state index >= 15 is 0 Å². The average molecular weight is 469 g/mol. The van der Waals surface area contributed by atoms with Gasteiger partial charge in [0.15, 0.2) is 5.78 Å². The molecule has 172 valence electrons. The second-order valence-electron chi connectivity index (χ2n) is 7.73. The molecule has 0 amide bonds. The molecule has 0 saturated carbocycles. The first-order valence-electron chi connectivity index (χ1n) is 10.3. The van der Waals surface area contributed by atoms with Crippen molar-refractivity contribution in [3.8, 4) is 5.75 Å². The Bertz CT molecular complexity index is 766. The molecule has 0 N–H and O–H groups in total. The van der Waals surface area contributed by atoms with E-state index in [1.54, 1.807) is 14.2 Å². The van der Waals surface area contributed by atoms with Gasteiger partial charge in [0.05, 0.1) is 13.2 Å². The van der Waals surface area contributed by atoms with Crippen LogP contribution in [0.2, 0.25) is 0 Å². The Morgan fingerprint density at radius 3 is 1.94 bits per heavy atom. The van der Waals surface area contributed by atoms with Crippen LogP contribution in [0.1, 0.15) is 28.9 Å². The van der Waals surface area contributed by atoms with Gasteiger partial charge in [-0.25, -0.2) is 0 Å². The Kier molecular flexibility index (Phi) is 12.1. The van der Waals surface area contributed by atoms with Gasteiger partial charge in [-0.15, -0.1) is 24.8 Å². The van der Waals surface area contributed by atoms with Crippen LogP contribution in [0.25, 0.3) is 0 Å². The minimum absolute atomic E-state index is 0. The Balaban J connectivity index is 0.00000240. The van der Waals surface area contributed by atoms with Crippen LogP contribution in [0, 0.1) is 5.92 Å². The second kappa shape index (κ2) is 13.7. The molecule has 0 aliphatic carbocycles. The van der Waals surface area contributed by atoms with Gasteiger partial charge in [0, 0.05) is 57.9 Å². The van der Waals surface area contributed by atoms with Crippen LogP contribution >= 0.6 is 24.8 Å². The van der Waals surface area contributed by atoms with Gasteiger partial charge in [0.1, 0.15) is 5.75 Å². The van der Waals surface area contributed by atoms with E-state index in [-0.39, 0.29) is 42.6 Å². The van der Waals surface area contributed by atoms with Gasteiger partial charge in [0.25, 0.3) is 0 Å². The van der Waals surface area contributed by atoms with Gasteiger partial charge in [-0.3, -0.25) is 9.69 Å². The normalized spacial score (nSPS) is 16.5. The standard InChI is InChI=1S/C24H32N2O3.2ClH/c1-19(24(27)21-9-11-22(28-2)12-10-21)17-25-13-15-26(16-14-25)18-23(29-3)20-7-5-4-6-8-20;;/h4-12,19,23H,13-18H2,1-3H3;2*1H. The highest BCUT2D eigenvalue weighted by molar-refractivity contribution is 5.97. The third-order valence-corrected chi connectivity index (χ3v) is 5.70. The van der Waals surface area contributed by atoms with E-state index < -0.39 is 0 Å². The number of ether oxygens (including phenoxy) is 2. The summed E-state index contributed by atoms with van der Waals surface area (Å²) in [5.41, 5.74) is 1.97. The first-order chi connectivity index (χ1) is 14.1. The number of carbonyl (C=O) groups excluding carboxylic acids is 1. The van der Waals surface area contributed by atoms with Crippen LogP contribution in [-0.4, -0.2) is 69.1 Å². The van der Waals surface area contributed by atoms with Crippen molar-refractivity contribution < 1.29 is 14.3 Å². The molecule has 7 heteroatoms. The van der Waals surface area contributed by atoms with E-state index in [2.05, 4.69) is 34.1 Å². The van der Waals surface area contributed by atoms with Gasteiger partial charge in [-0.2, -0.15) is 0 Å². The van der Waals surface area contributed by atoms with Crippen molar-refractivity contribution in [2.45, 2.75) is 13.0 Å². The van der Waals surface area contributed by atoms with E-state index in [1.165, 1.54) is 5.56 Å². The highest BCUT2D eigenvalue weighted by Crippen LogP contribution is 2.20. The largest absolute Gasteiger partial charge is 0.497 e. The summed E-state index contributed by atoms with van der Waals surface area (Å²) in [7, 11) is 3.41. The van der Waals surface area contributed by atoms with Crippen molar-refractivity contribution in [1.29, 1.82) is 0 Å². The molecule has 0 radical (unpaired) electrons. The zero-order chi connectivity index (χ0) is 20.6. The molecule has 5 nitrogen and oxygen atoms in total. The molecule has 31 heavy (non-hydrogen) atoms. The smallest absolute Gasteiger partial charge is 0.166 e. The number of hydrogen-bond acceptors (Lipinski definition) is 5. The van der Waals surface area contributed by atoms with E-state index in [1.807, 2.05) is 37.3 Å². The third kappa shape index (κ3) is 7.78. The number of rotatable bonds is 9. The first kappa shape index (κ1) is 27.4. The van der Waals surface area contributed by atoms with Crippen LogP contribution in [-0.2, 0) is 4.74 Å². The van der Waals surface area contributed by atoms with Crippen LogP contribution in [0.3, 0.4) is 0 Å². The monoisotopic (exact) mass is 468 g/mol. The Labute approximate surface area is 198 Å². The molecule has 1 fully saturated rings. The van der Waals surface area contributed by atoms with E-state index in [4.69, 9.17) is 9.47 Å². The van der Waals surface area contributed by atoms with E-state index in [0.29, 0.717) is 0 Å². The van der Waals surface area contributed by atoms with Crippen LogP contribution < -0.4 is 4.74 Å². The van der Waals surface area contributed by atoms with Gasteiger partial charge >= 0.3 is 0 Å². The van der Waals surface area contributed by atoms with Crippen molar-refractivity contribution >= 4 is 30.6 Å². The fourth-order valence-corrected chi connectivity index (χ4v) is 3.88. The molecule has 1 saturated heterocycles. The number of hydrogen-bond donors (Lipinski definition) is 0. The predicted molar refractivity (Wildman–Crippen MR) is 130 cm³/mol. The summed E-state index contributed by atoms with van der Waals surface area (Å²) in [6, 6.07) is 17.8. The lowest BCUT2D eigenvalue weighted by atomic mass is 9.98. The van der Waals surface area contributed by atoms with Crippen molar-refractivity contribution in [3.05, 3.63) is 65.7 Å². The number of nitrogens with zero attached hydrogens (tertiary/aromatic N) is 2. The molecule has 0 aromatic heterocycles. The fourth-order valence-electron chi connectivity index (χ4n) is 3.88. The minimum atomic E-state index is -0.0222. The second-order valence-corrected chi connectivity index (χ2v) is 7.73. The molecule has 0 spiro atoms. The third-order valence-electron chi connectivity index (χ3n) is 5.70. The molecule has 2 aromatic carbocycles. The zero-order valence-corrected chi connectivity index (χ0v) is 20.2. The minimum Gasteiger partial charge on any atom is -0.497 e. The molecule has 3 rings (SSSR count). The lowest BCUT2D eigenvalue weighted by molar-refractivity contribution is 0.0392. The highest BCUT2D eigenvalue weighted by Gasteiger charge is 2.24. The van der Waals surface area contributed by atoms with Gasteiger partial charge < -0.3 is 14.4 Å². The maximum absolute atomic E-state index is 12.7. The summed E-state index contributed by atoms with van der Waals surface area (Å²) in [5.74, 6) is 0.944. The van der Waals surface area contributed by atoms with Gasteiger partial charge in [-0.05, 0) is 29.8 Å². The number of ketones is 1. The Morgan fingerprint density at radius 1 is 0.871 bits per heavy atom. The lowest BCUT2D eigenvalue weighted by Gasteiger charge is -2.37. The van der Waals surface area contributed by atoms with E-state index in [9.17, 15) is 4.79 Å². The SMILES string of the molecule is COc1ccc(C(=O)C(C)CN2CCN(CC(OC)c3ccccc3)CC2)cc1.Cl.Cl. The first-order valence-corrected chi connectivity index (χ1v) is 10.3. The summed E-state index contributed by atoms with van der Waals surface area (Å²) < 4.78 is 10.9. The Hall–Kier alpha value is -1.63. The molecule has 0 bridgehead atoms. The quantitative estimate of drug-likeness (QED) is 0.511. The number of methoxy groups -OCH3 is 2. The van der Waals surface area contributed by atoms with E-state index in [0.717, 1.165) is 50.6 Å². The molecule has 1 heterocycles. The maximum atomic E-state index is 12.7. The number of halogens is 2. The fraction of sp³-hybridized carbons (Fsp3) is 0.458. The molecule has 1 aliphatic heterocycles. The Morgan fingerprint density at radius 2 is 1.42 bits per heavy atom. The zero-order valence-electron chi connectivity index (χ0n) is 18.5. The molecule has 2 atom stereocenters. The molecule has 2 unspecified atom stereocenters. The van der Waals surface area contributed by atoms with Crippen LogP contribution in [0.4, 0.5) is 0 Å². The number of benzene rings is 2. The van der Waals surface area contributed by atoms with Gasteiger partial charge in [0.2, 0.25) is 0 Å². The average Bonchev–Trinajstić information content (AvgIpc) is 2.78. The number of Topliss-reactive ketones (excluding diaryl/α,β-unsaturated/α-hetero) is 1. The summed E-state index contributed by atoms with van der Waals surface area (Å²) in [6.07, 6.45) is 0.0957. The topological polar surface area (TPSA) is 42.0 Å². The predicted octanol–water partition coefficient (Wildman–Crippen LogP) is 4.36. The van der Waals surface area contributed by atoms with Gasteiger partial charge in [-0.1, -0.05) is 37.3 Å². The van der Waals surface area contributed by atoms with Crippen LogP contribution in [0.15, 0.2) is 54.6 Å². The summed E-state index contributed by atoms with van der Waals surface area (Å²) in [5, 5.41) is 0. The van der Waals surface area contributed by atoms with Crippen molar-refractivity contribution in [3.63, 3.8) is 0 Å². The summed E-state index contributed by atoms with van der Waals surface area (Å²) in [6.45, 7) is 7.66. The number of carbonyl (C=O) groups is 1. The molecular weight excluding hydrogens is 435 g/mol. The molecule has 1 aliphatic rings. The lowest BCUT2D eigenvalue weighted by Crippen LogP contribution is -2.49. The maximum Gasteiger partial charge on any atom is 0.166 e. The van der Waals surface area contributed by atoms with Crippen LogP contribution in [0.5, 0.6) is 5.75 Å². The van der Waals surface area contributed by atoms with Crippen molar-refractivity contribution in [1.82, 2.24) is 9.80 Å². The summed E-state index contributed by atoms with van der Waals surface area (Å²) in [4.78, 5) is 17.6.